The first-order chi connectivity index (χ1) is 8.61. The molecule has 0 aliphatic rings. The molecule has 0 spiro atoms. The maximum Gasteiger partial charge on any atom is 0.260 e. The highest BCUT2D eigenvalue weighted by Gasteiger charge is 2.14. The molecule has 0 atom stereocenters. The Hall–Kier alpha value is -2.50. The fourth-order valence-electron chi connectivity index (χ4n) is 1.54. The molecule has 6 nitrogen and oxygen atoms in total. The quantitative estimate of drug-likeness (QED) is 0.486. The molecule has 1 heterocycles. The molecule has 1 aromatic heterocycles. The van der Waals surface area contributed by atoms with Crippen LogP contribution in [0.15, 0.2) is 24.3 Å². The Balaban J connectivity index is 2.19. The van der Waals surface area contributed by atoms with Crippen molar-refractivity contribution in [1.29, 1.82) is 0 Å². The van der Waals surface area contributed by atoms with Crippen LogP contribution in [0.5, 0.6) is 5.75 Å². The Morgan fingerprint density at radius 1 is 1.56 bits per heavy atom. The van der Waals surface area contributed by atoms with Gasteiger partial charge in [0.15, 0.2) is 11.6 Å². The number of carbonyl (C=O) groups excluding carboxylic acids is 1. The van der Waals surface area contributed by atoms with E-state index in [1.807, 2.05) is 6.92 Å². The molecule has 0 fully saturated rings. The minimum Gasteiger partial charge on any atom is -0.505 e. The van der Waals surface area contributed by atoms with E-state index in [2.05, 4.69) is 15.5 Å². The number of aromatic hydroxyl groups is 1. The van der Waals surface area contributed by atoms with Gasteiger partial charge >= 0.3 is 0 Å². The van der Waals surface area contributed by atoms with Gasteiger partial charge in [0.25, 0.3) is 5.91 Å². The normalized spacial score (nSPS) is 10.3. The Labute approximate surface area is 104 Å². The molecule has 0 aliphatic carbocycles. The van der Waals surface area contributed by atoms with Gasteiger partial charge < -0.3 is 16.2 Å². The lowest BCUT2D eigenvalue weighted by Gasteiger charge is -2.05. The Bertz CT molecular complexity index is 577. The number of nitrogen functional groups attached to an aromatic ring is 1. The Morgan fingerprint density at radius 2 is 2.33 bits per heavy atom. The minimum absolute atomic E-state index is 0.121. The number of hydrogen-bond donors (Lipinski definition) is 4. The fraction of sp³-hybridized carbons (Fsp3) is 0.167. The van der Waals surface area contributed by atoms with Crippen molar-refractivity contribution in [2.24, 2.45) is 0 Å². The predicted octanol–water partition coefficient (Wildman–Crippen LogP) is 1.51. The first-order valence-electron chi connectivity index (χ1n) is 5.55. The molecule has 0 saturated heterocycles. The van der Waals surface area contributed by atoms with E-state index in [-0.39, 0.29) is 17.0 Å². The largest absolute Gasteiger partial charge is 0.505 e. The lowest BCUT2D eigenvalue weighted by atomic mass is 10.1. The van der Waals surface area contributed by atoms with E-state index in [4.69, 9.17) is 5.73 Å². The number of anilines is 2. The summed E-state index contributed by atoms with van der Waals surface area (Å²) < 4.78 is 0. The van der Waals surface area contributed by atoms with E-state index in [0.29, 0.717) is 5.82 Å². The standard InChI is InChI=1S/C12H14N4O2/c1-2-7-6-10(16-15-7)14-12(18)8-4-3-5-9(13)11(8)17/h3-6,17H,2,13H2,1H3,(H2,14,15,16,18). The number of phenols is 1. The first kappa shape index (κ1) is 12.0. The Kier molecular flexibility index (Phi) is 3.18. The highest BCUT2D eigenvalue weighted by atomic mass is 16.3. The van der Waals surface area contributed by atoms with E-state index in [0.717, 1.165) is 12.1 Å². The summed E-state index contributed by atoms with van der Waals surface area (Å²) >= 11 is 0. The molecule has 5 N–H and O–H groups in total. The van der Waals surface area contributed by atoms with Gasteiger partial charge in [0.1, 0.15) is 0 Å². The summed E-state index contributed by atoms with van der Waals surface area (Å²) in [5, 5.41) is 19.0. The second kappa shape index (κ2) is 4.79. The molecule has 0 unspecified atom stereocenters. The number of aryl methyl sites for hydroxylation is 1. The number of phenolic OH excluding ortho intramolecular Hbond substituents is 1. The van der Waals surface area contributed by atoms with Crippen LogP contribution in [-0.4, -0.2) is 21.2 Å². The molecule has 2 rings (SSSR count). The average Bonchev–Trinajstić information content (AvgIpc) is 2.80. The van der Waals surface area contributed by atoms with Crippen LogP contribution in [0.25, 0.3) is 0 Å². The number of nitrogens with two attached hydrogens (primary N) is 1. The lowest BCUT2D eigenvalue weighted by molar-refractivity contribution is 0.102. The van der Waals surface area contributed by atoms with Crippen molar-refractivity contribution in [3.8, 4) is 5.75 Å². The highest BCUT2D eigenvalue weighted by molar-refractivity contribution is 6.06. The number of hydrogen-bond acceptors (Lipinski definition) is 4. The summed E-state index contributed by atoms with van der Waals surface area (Å²) in [6.45, 7) is 1.98. The van der Waals surface area contributed by atoms with Gasteiger partial charge in [0, 0.05) is 11.8 Å². The Morgan fingerprint density at radius 3 is 3.00 bits per heavy atom. The van der Waals surface area contributed by atoms with Crippen molar-refractivity contribution in [2.75, 3.05) is 11.1 Å². The molecule has 18 heavy (non-hydrogen) atoms. The van der Waals surface area contributed by atoms with E-state index in [1.54, 1.807) is 12.1 Å². The van der Waals surface area contributed by atoms with Crippen molar-refractivity contribution in [3.63, 3.8) is 0 Å². The third kappa shape index (κ3) is 2.27. The smallest absolute Gasteiger partial charge is 0.260 e. The first-order valence-corrected chi connectivity index (χ1v) is 5.55. The van der Waals surface area contributed by atoms with E-state index in [1.165, 1.54) is 12.1 Å². The number of H-pyrrole nitrogens is 1. The molecule has 0 radical (unpaired) electrons. The van der Waals surface area contributed by atoms with Gasteiger partial charge in [-0.3, -0.25) is 9.89 Å². The van der Waals surface area contributed by atoms with Crippen molar-refractivity contribution >= 4 is 17.4 Å². The van der Waals surface area contributed by atoms with Crippen molar-refractivity contribution < 1.29 is 9.90 Å². The summed E-state index contributed by atoms with van der Waals surface area (Å²) in [6, 6.07) is 6.36. The molecule has 0 saturated carbocycles. The molecule has 1 aromatic carbocycles. The molecule has 0 bridgehead atoms. The number of rotatable bonds is 3. The van der Waals surface area contributed by atoms with E-state index < -0.39 is 5.91 Å². The minimum atomic E-state index is -0.450. The van der Waals surface area contributed by atoms with Crippen LogP contribution in [-0.2, 0) is 6.42 Å². The zero-order valence-electron chi connectivity index (χ0n) is 9.90. The fourth-order valence-corrected chi connectivity index (χ4v) is 1.54. The van der Waals surface area contributed by atoms with Crippen LogP contribution in [0, 0.1) is 0 Å². The lowest BCUT2D eigenvalue weighted by Crippen LogP contribution is -2.12. The summed E-state index contributed by atoms with van der Waals surface area (Å²) in [6.07, 6.45) is 0.798. The van der Waals surface area contributed by atoms with Crippen LogP contribution in [0.2, 0.25) is 0 Å². The molecule has 6 heteroatoms. The number of benzene rings is 1. The number of aromatic nitrogens is 2. The van der Waals surface area contributed by atoms with Gasteiger partial charge in [0.05, 0.1) is 11.3 Å². The van der Waals surface area contributed by atoms with E-state index >= 15 is 0 Å². The average molecular weight is 246 g/mol. The molecule has 1 amide bonds. The molecule has 0 aliphatic heterocycles. The SMILES string of the molecule is CCc1cc(NC(=O)c2cccc(N)c2O)n[nH]1. The summed E-state index contributed by atoms with van der Waals surface area (Å²) in [5.74, 6) is -0.256. The summed E-state index contributed by atoms with van der Waals surface area (Å²) in [7, 11) is 0. The highest BCUT2D eigenvalue weighted by Crippen LogP contribution is 2.25. The summed E-state index contributed by atoms with van der Waals surface area (Å²) in [5.41, 5.74) is 6.73. The zero-order chi connectivity index (χ0) is 13.1. The van der Waals surface area contributed by atoms with Crippen LogP contribution >= 0.6 is 0 Å². The molecular formula is C12H14N4O2. The number of para-hydroxylation sites is 1. The topological polar surface area (TPSA) is 104 Å². The summed E-state index contributed by atoms with van der Waals surface area (Å²) in [4.78, 5) is 11.9. The van der Waals surface area contributed by atoms with Gasteiger partial charge in [-0.1, -0.05) is 13.0 Å². The van der Waals surface area contributed by atoms with Crippen molar-refractivity contribution in [1.82, 2.24) is 10.2 Å². The van der Waals surface area contributed by atoms with Gasteiger partial charge in [-0.05, 0) is 18.6 Å². The number of amides is 1. The predicted molar refractivity (Wildman–Crippen MR) is 68.4 cm³/mol. The maximum atomic E-state index is 11.9. The number of nitrogens with zero attached hydrogens (tertiary/aromatic N) is 1. The van der Waals surface area contributed by atoms with Crippen LogP contribution in [0.3, 0.4) is 0 Å². The van der Waals surface area contributed by atoms with Crippen LogP contribution < -0.4 is 11.1 Å². The molecule has 94 valence electrons. The van der Waals surface area contributed by atoms with Gasteiger partial charge in [-0.25, -0.2) is 0 Å². The second-order valence-electron chi connectivity index (χ2n) is 3.83. The second-order valence-corrected chi connectivity index (χ2v) is 3.83. The third-order valence-electron chi connectivity index (χ3n) is 2.57. The molecule has 2 aromatic rings. The van der Waals surface area contributed by atoms with E-state index in [9.17, 15) is 9.90 Å². The maximum absolute atomic E-state index is 11.9. The van der Waals surface area contributed by atoms with Crippen molar-refractivity contribution in [2.45, 2.75) is 13.3 Å². The zero-order valence-corrected chi connectivity index (χ0v) is 9.90. The number of carbonyl (C=O) groups is 1. The number of aromatic amines is 1. The van der Waals surface area contributed by atoms with Gasteiger partial charge in [-0.15, -0.1) is 0 Å². The monoisotopic (exact) mass is 246 g/mol. The van der Waals surface area contributed by atoms with Crippen LogP contribution in [0.4, 0.5) is 11.5 Å². The molecular weight excluding hydrogens is 232 g/mol. The van der Waals surface area contributed by atoms with Crippen molar-refractivity contribution in [3.05, 3.63) is 35.5 Å². The van der Waals surface area contributed by atoms with Gasteiger partial charge in [0.2, 0.25) is 0 Å². The van der Waals surface area contributed by atoms with Crippen LogP contribution in [0.1, 0.15) is 23.0 Å². The third-order valence-corrected chi connectivity index (χ3v) is 2.57. The van der Waals surface area contributed by atoms with Gasteiger partial charge in [-0.2, -0.15) is 5.10 Å². The number of nitrogens with one attached hydrogen (secondary N) is 2.